The number of carbonyl (C=O) groups is 3. The van der Waals surface area contributed by atoms with Crippen molar-refractivity contribution >= 4 is 29.2 Å². The summed E-state index contributed by atoms with van der Waals surface area (Å²) >= 11 is 0. The molecule has 0 radical (unpaired) electrons. The first-order chi connectivity index (χ1) is 13.1. The van der Waals surface area contributed by atoms with Crippen molar-refractivity contribution in [3.05, 3.63) is 48.4 Å². The lowest BCUT2D eigenvalue weighted by Crippen LogP contribution is -2.41. The third-order valence-electron chi connectivity index (χ3n) is 4.52. The van der Waals surface area contributed by atoms with Gasteiger partial charge in [-0.25, -0.2) is 4.79 Å². The molecule has 27 heavy (non-hydrogen) atoms. The van der Waals surface area contributed by atoms with Crippen LogP contribution in [-0.4, -0.2) is 42.9 Å². The summed E-state index contributed by atoms with van der Waals surface area (Å²) in [6.07, 6.45) is 2.69. The van der Waals surface area contributed by atoms with Crippen LogP contribution in [0.3, 0.4) is 0 Å². The van der Waals surface area contributed by atoms with Crippen LogP contribution in [0.1, 0.15) is 23.4 Å². The third-order valence-corrected chi connectivity index (χ3v) is 4.52. The van der Waals surface area contributed by atoms with Gasteiger partial charge in [-0.05, 0) is 49.2 Å². The lowest BCUT2D eigenvalue weighted by molar-refractivity contribution is -0.121. The molecule has 1 aliphatic heterocycles. The van der Waals surface area contributed by atoms with Gasteiger partial charge in [0.2, 0.25) is 5.91 Å². The summed E-state index contributed by atoms with van der Waals surface area (Å²) in [6.45, 7) is 1.04. The molecular weight excluding hydrogens is 348 g/mol. The molecule has 8 nitrogen and oxygen atoms in total. The number of piperidine rings is 1. The number of benzene rings is 1. The van der Waals surface area contributed by atoms with Crippen molar-refractivity contribution in [2.24, 2.45) is 5.92 Å². The number of nitrogens with zero attached hydrogens (tertiary/aromatic N) is 1. The monoisotopic (exact) mass is 370 g/mol. The van der Waals surface area contributed by atoms with Crippen LogP contribution < -0.4 is 16.0 Å². The molecule has 0 spiro atoms. The quantitative estimate of drug-likeness (QED) is 0.769. The van der Waals surface area contributed by atoms with E-state index in [-0.39, 0.29) is 23.8 Å². The largest absolute Gasteiger partial charge is 0.459 e. The van der Waals surface area contributed by atoms with Crippen molar-refractivity contribution in [2.45, 2.75) is 12.8 Å². The highest BCUT2D eigenvalue weighted by atomic mass is 16.3. The normalized spacial score (nSPS) is 14.5. The molecule has 1 saturated heterocycles. The summed E-state index contributed by atoms with van der Waals surface area (Å²) in [5.74, 6) is -0.0251. The van der Waals surface area contributed by atoms with E-state index in [9.17, 15) is 14.4 Å². The number of amides is 4. The number of hydrogen-bond donors (Lipinski definition) is 3. The highest BCUT2D eigenvalue weighted by molar-refractivity contribution is 5.94. The van der Waals surface area contributed by atoms with E-state index in [1.54, 1.807) is 41.3 Å². The summed E-state index contributed by atoms with van der Waals surface area (Å²) in [4.78, 5) is 37.7. The summed E-state index contributed by atoms with van der Waals surface area (Å²) in [5, 5.41) is 8.01. The van der Waals surface area contributed by atoms with Crippen LogP contribution in [0.2, 0.25) is 0 Å². The Labute approximate surface area is 156 Å². The Bertz CT molecular complexity index is 794. The number of hydrogen-bond acceptors (Lipinski definition) is 4. The van der Waals surface area contributed by atoms with Crippen molar-refractivity contribution < 1.29 is 18.8 Å². The van der Waals surface area contributed by atoms with Crippen LogP contribution in [0.15, 0.2) is 47.1 Å². The standard InChI is InChI=1S/C19H22N4O4/c1-20-19(26)22-15-6-4-14(5-7-15)21-17(24)13-8-10-23(11-9-13)18(25)16-3-2-12-27-16/h2-7,12-13H,8-11H2,1H3,(H,21,24)(H2,20,22,26). The SMILES string of the molecule is CNC(=O)Nc1ccc(NC(=O)C2CCN(C(=O)c3ccco3)CC2)cc1. The third kappa shape index (κ3) is 4.66. The van der Waals surface area contributed by atoms with Gasteiger partial charge in [0.15, 0.2) is 5.76 Å². The minimum Gasteiger partial charge on any atom is -0.459 e. The van der Waals surface area contributed by atoms with Gasteiger partial charge >= 0.3 is 6.03 Å². The van der Waals surface area contributed by atoms with Gasteiger partial charge in [0.05, 0.1) is 6.26 Å². The first-order valence-electron chi connectivity index (χ1n) is 8.79. The molecule has 0 aliphatic carbocycles. The topological polar surface area (TPSA) is 104 Å². The van der Waals surface area contributed by atoms with Crippen LogP contribution in [-0.2, 0) is 4.79 Å². The van der Waals surface area contributed by atoms with E-state index in [1.165, 1.54) is 13.3 Å². The second kappa shape index (κ2) is 8.39. The van der Waals surface area contributed by atoms with Gasteiger partial charge in [0.1, 0.15) is 0 Å². The van der Waals surface area contributed by atoms with Crippen molar-refractivity contribution in [3.8, 4) is 0 Å². The lowest BCUT2D eigenvalue weighted by atomic mass is 9.95. The number of likely N-dealkylation sites (tertiary alicyclic amines) is 1. The van der Waals surface area contributed by atoms with Gasteiger partial charge in [0, 0.05) is 37.4 Å². The fraction of sp³-hybridized carbons (Fsp3) is 0.316. The molecule has 1 aromatic carbocycles. The molecule has 2 heterocycles. The molecule has 1 aliphatic rings. The van der Waals surface area contributed by atoms with Gasteiger partial charge < -0.3 is 25.3 Å². The van der Waals surface area contributed by atoms with Gasteiger partial charge in [0.25, 0.3) is 5.91 Å². The molecule has 4 amide bonds. The molecule has 0 bridgehead atoms. The van der Waals surface area contributed by atoms with Gasteiger partial charge in [-0.1, -0.05) is 0 Å². The molecule has 1 fully saturated rings. The molecule has 2 aromatic rings. The van der Waals surface area contributed by atoms with Crippen LogP contribution in [0.5, 0.6) is 0 Å². The second-order valence-electron chi connectivity index (χ2n) is 6.31. The van der Waals surface area contributed by atoms with Gasteiger partial charge in [-0.15, -0.1) is 0 Å². The number of nitrogens with one attached hydrogen (secondary N) is 3. The molecule has 0 atom stereocenters. The minimum absolute atomic E-state index is 0.0629. The Morgan fingerprint density at radius 3 is 2.19 bits per heavy atom. The number of rotatable bonds is 4. The Balaban J connectivity index is 1.49. The number of urea groups is 1. The zero-order valence-corrected chi connectivity index (χ0v) is 15.0. The van der Waals surface area contributed by atoms with E-state index < -0.39 is 0 Å². The fourth-order valence-electron chi connectivity index (χ4n) is 2.98. The lowest BCUT2D eigenvalue weighted by Gasteiger charge is -2.30. The summed E-state index contributed by atoms with van der Waals surface area (Å²) in [5.41, 5.74) is 1.30. The smallest absolute Gasteiger partial charge is 0.318 e. The highest BCUT2D eigenvalue weighted by Gasteiger charge is 2.28. The number of anilines is 2. The van der Waals surface area contributed by atoms with Crippen LogP contribution in [0.4, 0.5) is 16.2 Å². The zero-order valence-electron chi connectivity index (χ0n) is 15.0. The first-order valence-corrected chi connectivity index (χ1v) is 8.79. The molecule has 8 heteroatoms. The maximum Gasteiger partial charge on any atom is 0.318 e. The molecule has 0 saturated carbocycles. The maximum absolute atomic E-state index is 12.5. The van der Waals surface area contributed by atoms with Gasteiger partial charge in [-0.2, -0.15) is 0 Å². The van der Waals surface area contributed by atoms with Crippen molar-refractivity contribution in [1.82, 2.24) is 10.2 Å². The molecule has 142 valence electrons. The zero-order chi connectivity index (χ0) is 19.2. The Morgan fingerprint density at radius 2 is 1.63 bits per heavy atom. The average molecular weight is 370 g/mol. The van der Waals surface area contributed by atoms with E-state index in [1.807, 2.05) is 0 Å². The molecular formula is C19H22N4O4. The Kier molecular flexibility index (Phi) is 5.75. The summed E-state index contributed by atoms with van der Waals surface area (Å²) < 4.78 is 5.14. The van der Waals surface area contributed by atoms with Crippen molar-refractivity contribution in [1.29, 1.82) is 0 Å². The minimum atomic E-state index is -0.303. The summed E-state index contributed by atoms with van der Waals surface area (Å²) in [7, 11) is 1.54. The van der Waals surface area contributed by atoms with E-state index >= 15 is 0 Å². The van der Waals surface area contributed by atoms with Crippen molar-refractivity contribution in [2.75, 3.05) is 30.8 Å². The molecule has 3 rings (SSSR count). The maximum atomic E-state index is 12.5. The predicted octanol–water partition coefficient (Wildman–Crippen LogP) is 2.52. The molecule has 0 unspecified atom stereocenters. The van der Waals surface area contributed by atoms with Crippen LogP contribution in [0, 0.1) is 5.92 Å². The summed E-state index contributed by atoms with van der Waals surface area (Å²) in [6, 6.07) is 9.93. The fourth-order valence-corrected chi connectivity index (χ4v) is 2.98. The molecule has 3 N–H and O–H groups in total. The van der Waals surface area contributed by atoms with Crippen LogP contribution >= 0.6 is 0 Å². The Hall–Kier alpha value is -3.29. The Morgan fingerprint density at radius 1 is 1.00 bits per heavy atom. The molecule has 1 aromatic heterocycles. The van der Waals surface area contributed by atoms with Crippen LogP contribution in [0.25, 0.3) is 0 Å². The highest BCUT2D eigenvalue weighted by Crippen LogP contribution is 2.22. The van der Waals surface area contributed by atoms with Gasteiger partial charge in [-0.3, -0.25) is 9.59 Å². The number of furan rings is 1. The van der Waals surface area contributed by atoms with E-state index in [0.29, 0.717) is 43.1 Å². The van der Waals surface area contributed by atoms with E-state index in [0.717, 1.165) is 0 Å². The number of carbonyl (C=O) groups excluding carboxylic acids is 3. The average Bonchev–Trinajstić information content (AvgIpc) is 3.23. The van der Waals surface area contributed by atoms with E-state index in [2.05, 4.69) is 16.0 Å². The predicted molar refractivity (Wildman–Crippen MR) is 100 cm³/mol. The van der Waals surface area contributed by atoms with E-state index in [4.69, 9.17) is 4.42 Å². The first kappa shape index (κ1) is 18.5. The second-order valence-corrected chi connectivity index (χ2v) is 6.31. The van der Waals surface area contributed by atoms with Crippen molar-refractivity contribution in [3.63, 3.8) is 0 Å².